The molecule has 0 aromatic heterocycles. The number of aliphatic hydroxyl groups is 1. The molecule has 2 heterocycles. The molecule has 3 N–H and O–H groups in total. The monoisotopic (exact) mass is 555 g/mol. The lowest BCUT2D eigenvalue weighted by molar-refractivity contribution is -0.147. The highest BCUT2D eigenvalue weighted by Crippen LogP contribution is 2.40. The molecule has 2 fully saturated rings. The van der Waals surface area contributed by atoms with Gasteiger partial charge in [0.1, 0.15) is 12.1 Å². The number of benzene rings is 2. The maximum absolute atomic E-state index is 13.7. The molecule has 0 saturated carbocycles. The standard InChI is InChI=1S/C29H37N3O6S/c1-19-9-7-8-12-21(19)16-30-26(34)25-29(2,3)39-18-32(25)27(35)24(33)23(15-20-10-5-4-6-11-20)31-28(36)38-22-13-14-37-17-22/h4-12,22-25,33H,13-18H2,1-3H3,(H,30,34)(H,31,36)/t22?,23-,24-,25+/m0/s1. The molecule has 9 nitrogen and oxygen atoms in total. The molecule has 39 heavy (non-hydrogen) atoms. The van der Waals surface area contributed by atoms with E-state index >= 15 is 0 Å². The zero-order valence-electron chi connectivity index (χ0n) is 22.6. The number of hydrogen-bond donors (Lipinski definition) is 3. The minimum atomic E-state index is -1.58. The molecule has 210 valence electrons. The van der Waals surface area contributed by atoms with Crippen molar-refractivity contribution >= 4 is 29.7 Å². The quantitative estimate of drug-likeness (QED) is 0.436. The molecule has 10 heteroatoms. The number of alkyl carbamates (subject to hydrolysis) is 1. The van der Waals surface area contributed by atoms with Gasteiger partial charge in [-0.1, -0.05) is 54.6 Å². The Hall–Kier alpha value is -3.08. The van der Waals surface area contributed by atoms with Crippen LogP contribution in [0.2, 0.25) is 0 Å². The van der Waals surface area contributed by atoms with Crippen molar-refractivity contribution < 1.29 is 29.0 Å². The van der Waals surface area contributed by atoms with Crippen LogP contribution in [0.4, 0.5) is 4.79 Å². The molecule has 4 atom stereocenters. The summed E-state index contributed by atoms with van der Waals surface area (Å²) in [6, 6.07) is 15.3. The summed E-state index contributed by atoms with van der Waals surface area (Å²) in [7, 11) is 0. The Balaban J connectivity index is 1.48. The third kappa shape index (κ3) is 7.32. The van der Waals surface area contributed by atoms with Crippen LogP contribution in [-0.2, 0) is 32.0 Å². The van der Waals surface area contributed by atoms with Crippen LogP contribution in [0.1, 0.15) is 37.0 Å². The predicted octanol–water partition coefficient (Wildman–Crippen LogP) is 2.78. The lowest BCUT2D eigenvalue weighted by Crippen LogP contribution is -2.58. The number of rotatable bonds is 9. The number of nitrogens with one attached hydrogen (secondary N) is 2. The number of nitrogens with zero attached hydrogens (tertiary/aromatic N) is 1. The van der Waals surface area contributed by atoms with Gasteiger partial charge >= 0.3 is 6.09 Å². The third-order valence-corrected chi connectivity index (χ3v) is 8.56. The zero-order valence-corrected chi connectivity index (χ0v) is 23.4. The van der Waals surface area contributed by atoms with Crippen LogP contribution in [0.3, 0.4) is 0 Å². The van der Waals surface area contributed by atoms with Crippen molar-refractivity contribution in [3.05, 3.63) is 71.3 Å². The minimum absolute atomic E-state index is 0.207. The molecule has 4 rings (SSSR count). The molecular formula is C29H37N3O6S. The van der Waals surface area contributed by atoms with Gasteiger partial charge in [0.15, 0.2) is 6.10 Å². The summed E-state index contributed by atoms with van der Waals surface area (Å²) in [5.41, 5.74) is 2.89. The van der Waals surface area contributed by atoms with E-state index in [0.717, 1.165) is 16.7 Å². The predicted molar refractivity (Wildman–Crippen MR) is 149 cm³/mol. The number of carbonyl (C=O) groups excluding carboxylic acids is 3. The summed E-state index contributed by atoms with van der Waals surface area (Å²) in [4.78, 5) is 41.2. The first-order valence-corrected chi connectivity index (χ1v) is 14.2. The van der Waals surface area contributed by atoms with Crippen LogP contribution in [0.25, 0.3) is 0 Å². The Labute approximate surface area is 233 Å². The largest absolute Gasteiger partial charge is 0.444 e. The average molecular weight is 556 g/mol. The summed E-state index contributed by atoms with van der Waals surface area (Å²) < 4.78 is 10.1. The van der Waals surface area contributed by atoms with Gasteiger partial charge in [0.2, 0.25) is 5.91 Å². The number of aliphatic hydroxyl groups excluding tert-OH is 1. The SMILES string of the molecule is Cc1ccccc1CNC(=O)[C@H]1N(C(=O)[C@@H](O)[C@H](Cc2ccccc2)NC(=O)OC2CCOC2)CSC1(C)C. The average Bonchev–Trinajstić information content (AvgIpc) is 3.54. The molecule has 3 amide bonds. The first-order chi connectivity index (χ1) is 18.7. The molecule has 2 aliphatic rings. The molecule has 2 aromatic rings. The van der Waals surface area contributed by atoms with Gasteiger partial charge in [0.05, 0.1) is 25.1 Å². The van der Waals surface area contributed by atoms with Crippen molar-refractivity contribution in [3.8, 4) is 0 Å². The Bertz CT molecular complexity index is 1150. The van der Waals surface area contributed by atoms with E-state index in [4.69, 9.17) is 9.47 Å². The molecule has 0 radical (unpaired) electrons. The third-order valence-electron chi connectivity index (χ3n) is 7.19. The smallest absolute Gasteiger partial charge is 0.407 e. The van der Waals surface area contributed by atoms with Crippen LogP contribution < -0.4 is 10.6 Å². The molecule has 0 bridgehead atoms. The number of amides is 3. The maximum Gasteiger partial charge on any atom is 0.407 e. The van der Waals surface area contributed by atoms with Gasteiger partial charge in [0.25, 0.3) is 5.91 Å². The van der Waals surface area contributed by atoms with E-state index in [2.05, 4.69) is 10.6 Å². The van der Waals surface area contributed by atoms with Gasteiger partial charge in [-0.05, 0) is 43.9 Å². The van der Waals surface area contributed by atoms with Gasteiger partial charge in [0, 0.05) is 17.7 Å². The fraction of sp³-hybridized carbons (Fsp3) is 0.483. The van der Waals surface area contributed by atoms with Crippen molar-refractivity contribution in [3.63, 3.8) is 0 Å². The Morgan fingerprint density at radius 3 is 2.56 bits per heavy atom. The second-order valence-electron chi connectivity index (χ2n) is 10.5. The van der Waals surface area contributed by atoms with E-state index in [1.165, 1.54) is 16.7 Å². The van der Waals surface area contributed by atoms with E-state index in [0.29, 0.717) is 26.2 Å². The fourth-order valence-corrected chi connectivity index (χ4v) is 6.03. The molecule has 2 saturated heterocycles. The van der Waals surface area contributed by atoms with Crippen LogP contribution in [0.15, 0.2) is 54.6 Å². The van der Waals surface area contributed by atoms with E-state index in [1.54, 1.807) is 0 Å². The van der Waals surface area contributed by atoms with Crippen LogP contribution in [0, 0.1) is 6.92 Å². The topological polar surface area (TPSA) is 117 Å². The van der Waals surface area contributed by atoms with Crippen LogP contribution >= 0.6 is 11.8 Å². The summed E-state index contributed by atoms with van der Waals surface area (Å²) >= 11 is 1.47. The first-order valence-electron chi connectivity index (χ1n) is 13.2. The molecule has 0 spiro atoms. The second-order valence-corrected chi connectivity index (χ2v) is 12.1. The lowest BCUT2D eigenvalue weighted by atomic mass is 9.97. The number of thioether (sulfide) groups is 1. The van der Waals surface area contributed by atoms with Gasteiger partial charge < -0.3 is 30.1 Å². The van der Waals surface area contributed by atoms with Gasteiger partial charge in [-0.2, -0.15) is 0 Å². The molecular weight excluding hydrogens is 518 g/mol. The molecule has 1 unspecified atom stereocenters. The number of carbonyl (C=O) groups is 3. The van der Waals surface area contributed by atoms with Crippen molar-refractivity contribution in [2.75, 3.05) is 19.1 Å². The highest BCUT2D eigenvalue weighted by atomic mass is 32.2. The Morgan fingerprint density at radius 1 is 1.15 bits per heavy atom. The van der Waals surface area contributed by atoms with Crippen molar-refractivity contribution in [2.24, 2.45) is 0 Å². The molecule has 0 aliphatic carbocycles. The number of hydrogen-bond acceptors (Lipinski definition) is 7. The Morgan fingerprint density at radius 2 is 1.87 bits per heavy atom. The van der Waals surface area contributed by atoms with Crippen molar-refractivity contribution in [2.45, 2.75) is 69.2 Å². The van der Waals surface area contributed by atoms with Gasteiger partial charge in [-0.15, -0.1) is 11.8 Å². The summed E-state index contributed by atoms with van der Waals surface area (Å²) in [5.74, 6) is -0.663. The summed E-state index contributed by atoms with van der Waals surface area (Å²) in [6.07, 6.45) is -1.87. The van der Waals surface area contributed by atoms with E-state index < -0.39 is 34.9 Å². The van der Waals surface area contributed by atoms with Gasteiger partial charge in [-0.25, -0.2) is 4.79 Å². The summed E-state index contributed by atoms with van der Waals surface area (Å²) in [6.45, 7) is 6.97. The highest BCUT2D eigenvalue weighted by molar-refractivity contribution is 8.00. The normalized spacial score (nSPS) is 21.7. The fourth-order valence-electron chi connectivity index (χ4n) is 4.89. The lowest BCUT2D eigenvalue weighted by Gasteiger charge is -2.33. The number of ether oxygens (including phenoxy) is 2. The Kier molecular flexibility index (Phi) is 9.53. The first kappa shape index (κ1) is 28.9. The van der Waals surface area contributed by atoms with Crippen molar-refractivity contribution in [1.82, 2.24) is 15.5 Å². The van der Waals surface area contributed by atoms with Crippen LogP contribution in [-0.4, -0.2) is 76.0 Å². The van der Waals surface area contributed by atoms with Crippen LogP contribution in [0.5, 0.6) is 0 Å². The second kappa shape index (κ2) is 12.8. The maximum atomic E-state index is 13.7. The highest BCUT2D eigenvalue weighted by Gasteiger charge is 2.49. The van der Waals surface area contributed by atoms with Crippen molar-refractivity contribution in [1.29, 1.82) is 0 Å². The molecule has 2 aliphatic heterocycles. The minimum Gasteiger partial charge on any atom is -0.444 e. The van der Waals surface area contributed by atoms with E-state index in [1.807, 2.05) is 75.4 Å². The van der Waals surface area contributed by atoms with E-state index in [-0.39, 0.29) is 24.3 Å². The summed E-state index contributed by atoms with van der Waals surface area (Å²) in [5, 5.41) is 17.0. The van der Waals surface area contributed by atoms with Gasteiger partial charge in [-0.3, -0.25) is 9.59 Å². The molecule has 2 aromatic carbocycles. The zero-order chi connectivity index (χ0) is 28.0. The number of aryl methyl sites for hydroxylation is 1. The van der Waals surface area contributed by atoms with E-state index in [9.17, 15) is 19.5 Å².